The Hall–Kier alpha value is -2.82. The molecule has 1 fully saturated rings. The Kier molecular flexibility index (Phi) is 5.54. The minimum absolute atomic E-state index is 0.00500. The van der Waals surface area contributed by atoms with Crippen LogP contribution in [-0.2, 0) is 4.79 Å². The molecule has 0 aromatic heterocycles. The van der Waals surface area contributed by atoms with Gasteiger partial charge in [-0.1, -0.05) is 38.5 Å². The van der Waals surface area contributed by atoms with Crippen molar-refractivity contribution in [3.63, 3.8) is 0 Å². The number of rotatable bonds is 1. The van der Waals surface area contributed by atoms with E-state index in [1.165, 1.54) is 5.56 Å². The van der Waals surface area contributed by atoms with Crippen LogP contribution in [0.3, 0.4) is 0 Å². The molecule has 2 aromatic rings. The first-order valence-corrected chi connectivity index (χ1v) is 11.1. The molecular weight excluding hydrogens is 386 g/mol. The van der Waals surface area contributed by atoms with Crippen LogP contribution in [0.4, 0.5) is 5.69 Å². The predicted molar refractivity (Wildman–Crippen MR) is 125 cm³/mol. The summed E-state index contributed by atoms with van der Waals surface area (Å²) >= 11 is 0. The minimum atomic E-state index is -0.00500. The topological polar surface area (TPSA) is 45.1 Å². The molecule has 1 atom stereocenters. The molecule has 2 aliphatic rings. The number of amides is 1. The number of nitrogens with zero attached hydrogens (tertiary/aromatic N) is 3. The van der Waals surface area contributed by atoms with Crippen molar-refractivity contribution in [2.24, 2.45) is 10.4 Å². The SMILES string of the molecule is Cc1ccc2c(c1)Oc1ccc(C)cc1C(N1CCN(C(=O)CC(C)(C)C)[C@H](C)C1)=N2. The highest BCUT2D eigenvalue weighted by Gasteiger charge is 2.32. The highest BCUT2D eigenvalue weighted by molar-refractivity contribution is 6.04. The van der Waals surface area contributed by atoms with E-state index >= 15 is 0 Å². The van der Waals surface area contributed by atoms with Gasteiger partial charge in [-0.25, -0.2) is 4.99 Å². The monoisotopic (exact) mass is 419 g/mol. The lowest BCUT2D eigenvalue weighted by atomic mass is 9.91. The van der Waals surface area contributed by atoms with Crippen LogP contribution in [0, 0.1) is 19.3 Å². The third kappa shape index (κ3) is 4.60. The maximum atomic E-state index is 12.9. The molecule has 5 nitrogen and oxygen atoms in total. The summed E-state index contributed by atoms with van der Waals surface area (Å²) in [6, 6.07) is 12.5. The number of hydrogen-bond acceptors (Lipinski definition) is 4. The highest BCUT2D eigenvalue weighted by atomic mass is 16.5. The number of piperazine rings is 1. The summed E-state index contributed by atoms with van der Waals surface area (Å²) in [5.41, 5.74) is 4.16. The molecule has 0 radical (unpaired) electrons. The second-order valence-corrected chi connectivity index (χ2v) is 10.1. The van der Waals surface area contributed by atoms with Gasteiger partial charge in [0, 0.05) is 32.1 Å². The number of hydrogen-bond donors (Lipinski definition) is 0. The smallest absolute Gasteiger partial charge is 0.223 e. The molecule has 2 aromatic carbocycles. The standard InChI is InChI=1S/C26H33N3O2/c1-17-8-10-22-20(13-17)25(27-21-9-7-18(2)14-23(21)31-22)28-11-12-29(19(3)16-28)24(30)15-26(4,5)6/h7-10,13-14,19H,11-12,15-16H2,1-6H3/t19-/m1/s1. The Morgan fingerprint density at radius 1 is 1.06 bits per heavy atom. The zero-order valence-corrected chi connectivity index (χ0v) is 19.5. The first-order valence-electron chi connectivity index (χ1n) is 11.1. The molecule has 0 aliphatic carbocycles. The van der Waals surface area contributed by atoms with Gasteiger partial charge < -0.3 is 14.5 Å². The van der Waals surface area contributed by atoms with Crippen molar-refractivity contribution in [1.29, 1.82) is 0 Å². The van der Waals surface area contributed by atoms with E-state index in [0.717, 1.165) is 47.2 Å². The lowest BCUT2D eigenvalue weighted by Gasteiger charge is -2.42. The van der Waals surface area contributed by atoms with Crippen molar-refractivity contribution in [1.82, 2.24) is 9.80 Å². The summed E-state index contributed by atoms with van der Waals surface area (Å²) < 4.78 is 6.29. The zero-order chi connectivity index (χ0) is 22.3. The molecule has 0 unspecified atom stereocenters. The fraction of sp³-hybridized carbons (Fsp3) is 0.462. The van der Waals surface area contributed by atoms with Crippen LogP contribution in [0.2, 0.25) is 0 Å². The van der Waals surface area contributed by atoms with Crippen LogP contribution >= 0.6 is 0 Å². The summed E-state index contributed by atoms with van der Waals surface area (Å²) in [6.07, 6.45) is 0.570. The maximum Gasteiger partial charge on any atom is 0.223 e. The van der Waals surface area contributed by atoms with Crippen molar-refractivity contribution < 1.29 is 9.53 Å². The summed E-state index contributed by atoms with van der Waals surface area (Å²) in [5, 5.41) is 0. The molecule has 2 heterocycles. The maximum absolute atomic E-state index is 12.9. The molecule has 0 spiro atoms. The fourth-order valence-corrected chi connectivity index (χ4v) is 4.31. The van der Waals surface area contributed by atoms with E-state index in [9.17, 15) is 4.79 Å². The van der Waals surface area contributed by atoms with Gasteiger partial charge in [0.25, 0.3) is 0 Å². The zero-order valence-electron chi connectivity index (χ0n) is 19.5. The van der Waals surface area contributed by atoms with Gasteiger partial charge in [0.2, 0.25) is 5.91 Å². The fourth-order valence-electron chi connectivity index (χ4n) is 4.31. The number of fused-ring (bicyclic) bond motifs is 2. The van der Waals surface area contributed by atoms with Crippen molar-refractivity contribution in [3.05, 3.63) is 53.1 Å². The van der Waals surface area contributed by atoms with Crippen LogP contribution < -0.4 is 4.74 Å². The number of ether oxygens (including phenoxy) is 1. The van der Waals surface area contributed by atoms with E-state index in [2.05, 4.69) is 64.6 Å². The van der Waals surface area contributed by atoms with Gasteiger partial charge in [0.1, 0.15) is 17.3 Å². The Labute approximate surface area is 185 Å². The second-order valence-electron chi connectivity index (χ2n) is 10.1. The van der Waals surface area contributed by atoms with E-state index in [-0.39, 0.29) is 17.4 Å². The molecule has 164 valence electrons. The Balaban J connectivity index is 1.66. The van der Waals surface area contributed by atoms with Crippen LogP contribution in [-0.4, -0.2) is 47.2 Å². The molecule has 0 N–H and O–H groups in total. The van der Waals surface area contributed by atoms with E-state index in [1.54, 1.807) is 0 Å². The van der Waals surface area contributed by atoms with Gasteiger partial charge in [-0.3, -0.25) is 4.79 Å². The average molecular weight is 420 g/mol. The molecule has 31 heavy (non-hydrogen) atoms. The number of amidine groups is 1. The summed E-state index contributed by atoms with van der Waals surface area (Å²) in [7, 11) is 0. The third-order valence-electron chi connectivity index (χ3n) is 5.87. The molecule has 1 saturated heterocycles. The minimum Gasteiger partial charge on any atom is -0.454 e. The number of benzene rings is 2. The third-order valence-corrected chi connectivity index (χ3v) is 5.87. The Bertz CT molecular complexity index is 1040. The molecule has 4 rings (SSSR count). The number of carbonyl (C=O) groups excluding carboxylic acids is 1. The van der Waals surface area contributed by atoms with Crippen molar-refractivity contribution >= 4 is 17.4 Å². The lowest BCUT2D eigenvalue weighted by molar-refractivity contribution is -0.136. The second kappa shape index (κ2) is 8.03. The van der Waals surface area contributed by atoms with Crippen molar-refractivity contribution in [2.45, 2.75) is 54.0 Å². The van der Waals surface area contributed by atoms with Crippen LogP contribution in [0.25, 0.3) is 0 Å². The molecule has 2 aliphatic heterocycles. The number of aliphatic imine (C=N–C) groups is 1. The predicted octanol–water partition coefficient (Wildman–Crippen LogP) is 5.46. The molecule has 0 bridgehead atoms. The van der Waals surface area contributed by atoms with Gasteiger partial charge in [-0.2, -0.15) is 0 Å². The first-order chi connectivity index (χ1) is 14.6. The van der Waals surface area contributed by atoms with Gasteiger partial charge in [-0.05, 0) is 56.0 Å². The summed E-state index contributed by atoms with van der Waals surface area (Å²) in [5.74, 6) is 2.78. The molecule has 1 amide bonds. The summed E-state index contributed by atoms with van der Waals surface area (Å²) in [4.78, 5) is 22.3. The van der Waals surface area contributed by atoms with E-state index in [4.69, 9.17) is 9.73 Å². The quantitative estimate of drug-likeness (QED) is 0.617. The normalized spacial score (nSPS) is 18.5. The molecular formula is C26H33N3O2. The lowest BCUT2D eigenvalue weighted by Crippen LogP contribution is -2.56. The van der Waals surface area contributed by atoms with Crippen molar-refractivity contribution in [2.75, 3.05) is 19.6 Å². The van der Waals surface area contributed by atoms with E-state index < -0.39 is 0 Å². The Morgan fingerprint density at radius 2 is 1.77 bits per heavy atom. The van der Waals surface area contributed by atoms with Gasteiger partial charge in [-0.15, -0.1) is 0 Å². The molecule has 5 heteroatoms. The number of carbonyl (C=O) groups is 1. The van der Waals surface area contributed by atoms with E-state index in [0.29, 0.717) is 13.0 Å². The van der Waals surface area contributed by atoms with E-state index in [1.807, 2.05) is 23.1 Å². The Morgan fingerprint density at radius 3 is 2.48 bits per heavy atom. The summed E-state index contributed by atoms with van der Waals surface area (Å²) in [6.45, 7) is 14.8. The van der Waals surface area contributed by atoms with Gasteiger partial charge >= 0.3 is 0 Å². The largest absolute Gasteiger partial charge is 0.454 e. The van der Waals surface area contributed by atoms with Crippen LogP contribution in [0.5, 0.6) is 11.5 Å². The number of aryl methyl sites for hydroxylation is 2. The molecule has 0 saturated carbocycles. The van der Waals surface area contributed by atoms with Gasteiger partial charge in [0.15, 0.2) is 5.75 Å². The van der Waals surface area contributed by atoms with Gasteiger partial charge in [0.05, 0.1) is 5.56 Å². The van der Waals surface area contributed by atoms with Crippen LogP contribution in [0.15, 0.2) is 41.4 Å². The highest BCUT2D eigenvalue weighted by Crippen LogP contribution is 2.39. The first kappa shape index (κ1) is 21.4. The van der Waals surface area contributed by atoms with Crippen LogP contribution in [0.1, 0.15) is 50.8 Å². The van der Waals surface area contributed by atoms with Crippen molar-refractivity contribution in [3.8, 4) is 11.5 Å². The average Bonchev–Trinajstić information content (AvgIpc) is 2.82.